The van der Waals surface area contributed by atoms with Crippen LogP contribution in [0.3, 0.4) is 0 Å². The molecule has 1 saturated carbocycles. The number of carbonyl (C=O) groups is 1. The molecule has 5 heteroatoms. The Kier molecular flexibility index (Phi) is 4.47. The molecule has 1 aromatic carbocycles. The zero-order valence-corrected chi connectivity index (χ0v) is 12.3. The molecule has 0 aromatic heterocycles. The smallest absolute Gasteiger partial charge is 0.337 e. The van der Waals surface area contributed by atoms with Crippen LogP contribution in [0.4, 0.5) is 0 Å². The van der Waals surface area contributed by atoms with Crippen LogP contribution in [0.5, 0.6) is 5.75 Å². The van der Waals surface area contributed by atoms with E-state index >= 15 is 0 Å². The molecule has 0 spiro atoms. The number of halogens is 1. The summed E-state index contributed by atoms with van der Waals surface area (Å²) in [5.74, 6) is -0.290. The number of carboxylic acids is 1. The van der Waals surface area contributed by atoms with Crippen molar-refractivity contribution in [2.24, 2.45) is 5.92 Å². The summed E-state index contributed by atoms with van der Waals surface area (Å²) in [6, 6.07) is 3.51. The average molecular weight is 329 g/mol. The van der Waals surface area contributed by atoms with Crippen molar-refractivity contribution in [2.75, 3.05) is 6.61 Å². The number of aryl methyl sites for hydroxylation is 1. The van der Waals surface area contributed by atoms with Crippen molar-refractivity contribution >= 4 is 21.9 Å². The number of aliphatic hydroxyl groups is 1. The van der Waals surface area contributed by atoms with Crippen molar-refractivity contribution < 1.29 is 19.7 Å². The van der Waals surface area contributed by atoms with E-state index in [-0.39, 0.29) is 0 Å². The summed E-state index contributed by atoms with van der Waals surface area (Å²) < 4.78 is 6.41. The molecule has 104 valence electrons. The first-order chi connectivity index (χ1) is 8.99. The monoisotopic (exact) mass is 328 g/mol. The third-order valence-electron chi connectivity index (χ3n) is 3.43. The van der Waals surface area contributed by atoms with Gasteiger partial charge in [-0.05, 0) is 59.3 Å². The highest BCUT2D eigenvalue weighted by Gasteiger charge is 2.24. The van der Waals surface area contributed by atoms with Crippen LogP contribution in [0.15, 0.2) is 16.6 Å². The van der Waals surface area contributed by atoms with E-state index in [9.17, 15) is 9.90 Å². The van der Waals surface area contributed by atoms with Gasteiger partial charge in [0.1, 0.15) is 5.75 Å². The summed E-state index contributed by atoms with van der Waals surface area (Å²) in [6.07, 6.45) is 1.97. The molecule has 0 amide bonds. The Morgan fingerprint density at radius 1 is 1.53 bits per heavy atom. The van der Waals surface area contributed by atoms with Gasteiger partial charge in [0, 0.05) is 5.56 Å². The number of aliphatic carboxylic acids is 1. The Morgan fingerprint density at radius 2 is 2.21 bits per heavy atom. The molecule has 0 radical (unpaired) electrons. The Bertz CT molecular complexity index is 483. The summed E-state index contributed by atoms with van der Waals surface area (Å²) in [5, 5.41) is 18.7. The maximum Gasteiger partial charge on any atom is 0.337 e. The molecule has 1 aliphatic rings. The van der Waals surface area contributed by atoms with Gasteiger partial charge >= 0.3 is 5.97 Å². The van der Waals surface area contributed by atoms with Crippen LogP contribution in [0, 0.1) is 12.8 Å². The lowest BCUT2D eigenvalue weighted by molar-refractivity contribution is -0.147. The molecule has 0 aliphatic heterocycles. The number of hydrogen-bond acceptors (Lipinski definition) is 3. The van der Waals surface area contributed by atoms with Gasteiger partial charge in [-0.1, -0.05) is 6.42 Å². The Balaban J connectivity index is 2.24. The highest BCUT2D eigenvalue weighted by Crippen LogP contribution is 2.36. The van der Waals surface area contributed by atoms with Crippen LogP contribution in [0.2, 0.25) is 0 Å². The first-order valence-corrected chi connectivity index (χ1v) is 7.12. The number of rotatable bonds is 5. The second kappa shape index (κ2) is 5.92. The van der Waals surface area contributed by atoms with Crippen molar-refractivity contribution in [3.63, 3.8) is 0 Å². The fraction of sp³-hybridized carbons (Fsp3) is 0.500. The maximum atomic E-state index is 11.0. The van der Waals surface area contributed by atoms with Crippen molar-refractivity contribution in [3.8, 4) is 5.75 Å². The first-order valence-electron chi connectivity index (χ1n) is 6.32. The van der Waals surface area contributed by atoms with E-state index in [1.54, 1.807) is 6.07 Å². The van der Waals surface area contributed by atoms with Gasteiger partial charge in [0.2, 0.25) is 0 Å². The standard InChI is InChI=1S/C14H17BrO4/c1-8-5-10(12(16)14(17)18)13(11(15)6-8)19-7-9-3-2-4-9/h5-6,9,12,16H,2-4,7H2,1H3,(H,17,18). The molecule has 1 fully saturated rings. The van der Waals surface area contributed by atoms with Gasteiger partial charge in [-0.3, -0.25) is 0 Å². The number of ether oxygens (including phenoxy) is 1. The predicted molar refractivity (Wildman–Crippen MR) is 74.3 cm³/mol. The van der Waals surface area contributed by atoms with Crippen LogP contribution in [-0.2, 0) is 4.79 Å². The van der Waals surface area contributed by atoms with Crippen LogP contribution in [0.1, 0.15) is 36.5 Å². The van der Waals surface area contributed by atoms with Crippen LogP contribution in [-0.4, -0.2) is 22.8 Å². The molecule has 19 heavy (non-hydrogen) atoms. The van der Waals surface area contributed by atoms with E-state index in [1.807, 2.05) is 13.0 Å². The number of benzene rings is 1. The lowest BCUT2D eigenvalue weighted by atomic mass is 9.86. The average Bonchev–Trinajstić information content (AvgIpc) is 2.27. The van der Waals surface area contributed by atoms with E-state index in [0.717, 1.165) is 18.4 Å². The SMILES string of the molecule is Cc1cc(Br)c(OCC2CCC2)c(C(O)C(=O)O)c1. The van der Waals surface area contributed by atoms with E-state index in [4.69, 9.17) is 9.84 Å². The number of aliphatic hydroxyl groups excluding tert-OH is 1. The Labute approximate surface area is 120 Å². The molecule has 1 atom stereocenters. The molecule has 1 unspecified atom stereocenters. The molecule has 0 bridgehead atoms. The van der Waals surface area contributed by atoms with E-state index in [2.05, 4.69) is 15.9 Å². The van der Waals surface area contributed by atoms with Crippen LogP contribution in [0.25, 0.3) is 0 Å². The second-order valence-corrected chi connectivity index (χ2v) is 5.87. The predicted octanol–water partition coefficient (Wildman–Crippen LogP) is 3.05. The van der Waals surface area contributed by atoms with Gasteiger partial charge in [0.25, 0.3) is 0 Å². The first kappa shape index (κ1) is 14.3. The van der Waals surface area contributed by atoms with Crippen molar-refractivity contribution in [1.82, 2.24) is 0 Å². The van der Waals surface area contributed by atoms with E-state index in [0.29, 0.717) is 28.3 Å². The third kappa shape index (κ3) is 3.28. The summed E-state index contributed by atoms with van der Waals surface area (Å²) in [5.41, 5.74) is 1.18. The molecule has 0 saturated heterocycles. The zero-order valence-electron chi connectivity index (χ0n) is 10.7. The molecule has 2 rings (SSSR count). The molecule has 0 heterocycles. The highest BCUT2D eigenvalue weighted by atomic mass is 79.9. The van der Waals surface area contributed by atoms with Gasteiger partial charge in [-0.2, -0.15) is 0 Å². The fourth-order valence-electron chi connectivity index (χ4n) is 2.10. The van der Waals surface area contributed by atoms with E-state index in [1.165, 1.54) is 6.42 Å². The summed E-state index contributed by atoms with van der Waals surface area (Å²) in [4.78, 5) is 11.0. The van der Waals surface area contributed by atoms with Crippen LogP contribution >= 0.6 is 15.9 Å². The third-order valence-corrected chi connectivity index (χ3v) is 4.02. The van der Waals surface area contributed by atoms with E-state index < -0.39 is 12.1 Å². The summed E-state index contributed by atoms with van der Waals surface area (Å²) in [7, 11) is 0. The van der Waals surface area contributed by atoms with Crippen molar-refractivity contribution in [2.45, 2.75) is 32.3 Å². The Morgan fingerprint density at radius 3 is 2.74 bits per heavy atom. The van der Waals surface area contributed by atoms with Gasteiger partial charge in [0.15, 0.2) is 6.10 Å². The summed E-state index contributed by atoms with van der Waals surface area (Å²) >= 11 is 3.38. The highest BCUT2D eigenvalue weighted by molar-refractivity contribution is 9.10. The van der Waals surface area contributed by atoms with Gasteiger partial charge in [-0.15, -0.1) is 0 Å². The largest absolute Gasteiger partial charge is 0.492 e. The molecular weight excluding hydrogens is 312 g/mol. The second-order valence-electron chi connectivity index (χ2n) is 5.01. The van der Waals surface area contributed by atoms with Gasteiger partial charge < -0.3 is 14.9 Å². The number of hydrogen-bond donors (Lipinski definition) is 2. The van der Waals surface area contributed by atoms with Crippen molar-refractivity contribution in [1.29, 1.82) is 0 Å². The number of carboxylic acid groups (broad SMARTS) is 1. The quantitative estimate of drug-likeness (QED) is 0.871. The van der Waals surface area contributed by atoms with Gasteiger partial charge in [-0.25, -0.2) is 4.79 Å². The molecule has 4 nitrogen and oxygen atoms in total. The minimum absolute atomic E-state index is 0.304. The normalized spacial score (nSPS) is 16.8. The molecule has 1 aliphatic carbocycles. The minimum Gasteiger partial charge on any atom is -0.492 e. The minimum atomic E-state index is -1.56. The molecule has 1 aromatic rings. The topological polar surface area (TPSA) is 66.8 Å². The van der Waals surface area contributed by atoms with Crippen molar-refractivity contribution in [3.05, 3.63) is 27.7 Å². The van der Waals surface area contributed by atoms with Crippen LogP contribution < -0.4 is 4.74 Å². The summed E-state index contributed by atoms with van der Waals surface area (Å²) in [6.45, 7) is 2.42. The lowest BCUT2D eigenvalue weighted by Gasteiger charge is -2.26. The fourth-order valence-corrected chi connectivity index (χ4v) is 2.81. The Hall–Kier alpha value is -1.07. The molecular formula is C14H17BrO4. The lowest BCUT2D eigenvalue weighted by Crippen LogP contribution is -2.21. The maximum absolute atomic E-state index is 11.0. The van der Waals surface area contributed by atoms with Gasteiger partial charge in [0.05, 0.1) is 11.1 Å². The zero-order chi connectivity index (χ0) is 14.0. The molecule has 2 N–H and O–H groups in total.